The van der Waals surface area contributed by atoms with E-state index in [1.165, 1.54) is 0 Å². The number of pyridine rings is 2. The van der Waals surface area contributed by atoms with Gasteiger partial charge in [-0.05, 0) is 75.8 Å². The molecule has 1 fully saturated rings. The zero-order chi connectivity index (χ0) is 28.4. The van der Waals surface area contributed by atoms with Crippen molar-refractivity contribution in [3.05, 3.63) is 70.6 Å². The molecular formula is C31H38ClN3O4. The molecule has 0 aliphatic carbocycles. The summed E-state index contributed by atoms with van der Waals surface area (Å²) in [7, 11) is 0. The van der Waals surface area contributed by atoms with E-state index in [9.17, 15) is 9.90 Å². The summed E-state index contributed by atoms with van der Waals surface area (Å²) in [6.45, 7) is 14.0. The molecular weight excluding hydrogens is 514 g/mol. The summed E-state index contributed by atoms with van der Waals surface area (Å²) >= 11 is 5.98. The molecule has 1 atom stereocenters. The van der Waals surface area contributed by atoms with Gasteiger partial charge >= 0.3 is 5.97 Å². The van der Waals surface area contributed by atoms with Crippen molar-refractivity contribution < 1.29 is 19.4 Å². The summed E-state index contributed by atoms with van der Waals surface area (Å²) in [5, 5.41) is 11.0. The van der Waals surface area contributed by atoms with Crippen LogP contribution in [0.3, 0.4) is 0 Å². The maximum absolute atomic E-state index is 12.6. The van der Waals surface area contributed by atoms with E-state index < -0.39 is 17.7 Å². The predicted molar refractivity (Wildman–Crippen MR) is 154 cm³/mol. The van der Waals surface area contributed by atoms with E-state index >= 15 is 0 Å². The van der Waals surface area contributed by atoms with Gasteiger partial charge in [0.25, 0.3) is 0 Å². The van der Waals surface area contributed by atoms with Crippen LogP contribution in [-0.4, -0.2) is 39.7 Å². The third-order valence-electron chi connectivity index (χ3n) is 7.01. The summed E-state index contributed by atoms with van der Waals surface area (Å²) in [5.74, 6) is -0.404. The van der Waals surface area contributed by atoms with Gasteiger partial charge in [0.15, 0.2) is 6.10 Å². The second kappa shape index (κ2) is 11.5. The number of aromatic nitrogens is 2. The van der Waals surface area contributed by atoms with Crippen LogP contribution in [0.15, 0.2) is 48.8 Å². The Kier molecular flexibility index (Phi) is 8.52. The molecule has 1 N–H and O–H groups in total. The minimum atomic E-state index is -1.16. The van der Waals surface area contributed by atoms with Crippen molar-refractivity contribution in [2.24, 2.45) is 5.41 Å². The molecule has 0 radical (unpaired) electrons. The molecule has 4 rings (SSSR count). The molecule has 1 aliphatic rings. The zero-order valence-electron chi connectivity index (χ0n) is 23.6. The number of nitrogens with zero attached hydrogens (tertiary/aromatic N) is 3. The Morgan fingerprint density at radius 3 is 2.31 bits per heavy atom. The van der Waals surface area contributed by atoms with Crippen molar-refractivity contribution in [2.45, 2.75) is 72.7 Å². The number of rotatable bonds is 8. The van der Waals surface area contributed by atoms with Crippen LogP contribution in [0.4, 0.5) is 5.69 Å². The first-order chi connectivity index (χ1) is 18.3. The van der Waals surface area contributed by atoms with Gasteiger partial charge in [-0.15, -0.1) is 0 Å². The van der Waals surface area contributed by atoms with E-state index in [2.05, 4.69) is 23.7 Å². The molecule has 0 unspecified atom stereocenters. The second-order valence-corrected chi connectivity index (χ2v) is 12.4. The number of carbonyl (C=O) groups is 1. The topological polar surface area (TPSA) is 84.8 Å². The standard InChI is InChI=1S/C31H38ClN3O4/c1-20-26(28(29(36)37)39-30(2,3)4)27(35-15-13-31(5,6)14-16-35)24(18-33-20)25-12-11-23(17-34-25)38-19-21-7-9-22(32)10-8-21/h7-12,17-18,28H,13-16,19H2,1-6H3,(H,36,37)/t28-/m0/s1. The number of aryl methyl sites for hydroxylation is 1. The fourth-order valence-electron chi connectivity index (χ4n) is 4.74. The minimum absolute atomic E-state index is 0.230. The lowest BCUT2D eigenvalue weighted by Gasteiger charge is -2.40. The van der Waals surface area contributed by atoms with E-state index in [0.717, 1.165) is 42.7 Å². The van der Waals surface area contributed by atoms with Crippen molar-refractivity contribution in [3.63, 3.8) is 0 Å². The number of carboxylic acids is 1. The molecule has 1 saturated heterocycles. The Labute approximate surface area is 236 Å². The van der Waals surface area contributed by atoms with Crippen LogP contribution in [-0.2, 0) is 16.1 Å². The molecule has 1 aromatic carbocycles. The third-order valence-corrected chi connectivity index (χ3v) is 7.26. The van der Waals surface area contributed by atoms with Crippen molar-refractivity contribution in [1.82, 2.24) is 9.97 Å². The molecule has 3 heterocycles. The van der Waals surface area contributed by atoms with Crippen molar-refractivity contribution in [1.29, 1.82) is 0 Å². The molecule has 39 heavy (non-hydrogen) atoms. The van der Waals surface area contributed by atoms with E-state index in [4.69, 9.17) is 26.1 Å². The maximum atomic E-state index is 12.6. The highest BCUT2D eigenvalue weighted by atomic mass is 35.5. The van der Waals surface area contributed by atoms with Gasteiger partial charge in [0.05, 0.1) is 23.2 Å². The molecule has 0 amide bonds. The van der Waals surface area contributed by atoms with Crippen LogP contribution < -0.4 is 9.64 Å². The molecule has 208 valence electrons. The van der Waals surface area contributed by atoms with Crippen LogP contribution in [0.5, 0.6) is 5.75 Å². The van der Waals surface area contributed by atoms with Gasteiger partial charge in [-0.2, -0.15) is 0 Å². The molecule has 8 heteroatoms. The minimum Gasteiger partial charge on any atom is -0.487 e. The van der Waals surface area contributed by atoms with Gasteiger partial charge in [-0.25, -0.2) is 4.79 Å². The number of aliphatic carboxylic acids is 1. The summed E-state index contributed by atoms with van der Waals surface area (Å²) in [6, 6.07) is 11.3. The number of piperidine rings is 1. The van der Waals surface area contributed by atoms with Crippen molar-refractivity contribution in [3.8, 4) is 17.0 Å². The van der Waals surface area contributed by atoms with Gasteiger partial charge < -0.3 is 19.5 Å². The van der Waals surface area contributed by atoms with Crippen LogP contribution in [0.25, 0.3) is 11.3 Å². The van der Waals surface area contributed by atoms with E-state index in [-0.39, 0.29) is 5.41 Å². The number of halogens is 1. The van der Waals surface area contributed by atoms with E-state index in [1.807, 2.05) is 64.1 Å². The Morgan fingerprint density at radius 1 is 1.08 bits per heavy atom. The molecule has 1 aliphatic heterocycles. The lowest BCUT2D eigenvalue weighted by atomic mass is 9.82. The monoisotopic (exact) mass is 551 g/mol. The van der Waals surface area contributed by atoms with Gasteiger partial charge in [0.2, 0.25) is 0 Å². The number of carboxylic acid groups (broad SMARTS) is 1. The zero-order valence-corrected chi connectivity index (χ0v) is 24.4. The number of hydrogen-bond donors (Lipinski definition) is 1. The van der Waals surface area contributed by atoms with Gasteiger partial charge in [0, 0.05) is 41.1 Å². The molecule has 3 aromatic rings. The highest BCUT2D eigenvalue weighted by Gasteiger charge is 2.36. The quantitative estimate of drug-likeness (QED) is 0.315. The number of benzene rings is 1. The summed E-state index contributed by atoms with van der Waals surface area (Å²) in [5.41, 5.74) is 4.10. The highest BCUT2D eigenvalue weighted by molar-refractivity contribution is 6.30. The van der Waals surface area contributed by atoms with Gasteiger partial charge in [0.1, 0.15) is 12.4 Å². The third kappa shape index (κ3) is 7.28. The fourth-order valence-corrected chi connectivity index (χ4v) is 4.87. The van der Waals surface area contributed by atoms with E-state index in [0.29, 0.717) is 34.3 Å². The van der Waals surface area contributed by atoms with E-state index in [1.54, 1.807) is 12.4 Å². The van der Waals surface area contributed by atoms with Crippen LogP contribution in [0, 0.1) is 12.3 Å². The predicted octanol–water partition coefficient (Wildman–Crippen LogP) is 7.25. The first-order valence-corrected chi connectivity index (χ1v) is 13.7. The maximum Gasteiger partial charge on any atom is 0.337 e. The first kappa shape index (κ1) is 28.8. The number of hydrogen-bond acceptors (Lipinski definition) is 6. The van der Waals surface area contributed by atoms with Gasteiger partial charge in [-0.1, -0.05) is 37.6 Å². The van der Waals surface area contributed by atoms with Crippen LogP contribution in [0.1, 0.15) is 70.4 Å². The summed E-state index contributed by atoms with van der Waals surface area (Å²) in [6.07, 6.45) is 4.31. The van der Waals surface area contributed by atoms with Gasteiger partial charge in [-0.3, -0.25) is 9.97 Å². The van der Waals surface area contributed by atoms with Crippen LogP contribution in [0.2, 0.25) is 5.02 Å². The molecule has 7 nitrogen and oxygen atoms in total. The lowest BCUT2D eigenvalue weighted by molar-refractivity contribution is -0.160. The molecule has 2 aromatic heterocycles. The van der Waals surface area contributed by atoms with Crippen molar-refractivity contribution in [2.75, 3.05) is 18.0 Å². The Balaban J connectivity index is 1.72. The summed E-state index contributed by atoms with van der Waals surface area (Å²) < 4.78 is 12.0. The largest absolute Gasteiger partial charge is 0.487 e. The Bertz CT molecular complexity index is 1290. The first-order valence-electron chi connectivity index (χ1n) is 13.3. The average Bonchev–Trinajstić information content (AvgIpc) is 2.87. The normalized spacial score (nSPS) is 16.1. The Morgan fingerprint density at radius 2 is 1.74 bits per heavy atom. The summed E-state index contributed by atoms with van der Waals surface area (Å²) in [4.78, 5) is 24.2. The molecule has 0 bridgehead atoms. The van der Waals surface area contributed by atoms with Crippen LogP contribution >= 0.6 is 11.6 Å². The second-order valence-electron chi connectivity index (χ2n) is 11.9. The lowest BCUT2D eigenvalue weighted by Crippen LogP contribution is -2.39. The average molecular weight is 552 g/mol. The molecule has 0 spiro atoms. The van der Waals surface area contributed by atoms with Crippen molar-refractivity contribution >= 4 is 23.3 Å². The SMILES string of the molecule is Cc1ncc(-c2ccc(OCc3ccc(Cl)cc3)cn2)c(N2CCC(C)(C)CC2)c1[C@H](OC(C)(C)C)C(=O)O. The smallest absolute Gasteiger partial charge is 0.337 e. The fraction of sp³-hybridized carbons (Fsp3) is 0.452. The Hall–Kier alpha value is -3.16. The number of anilines is 1. The highest BCUT2D eigenvalue weighted by Crippen LogP contribution is 2.43. The molecule has 0 saturated carbocycles. The number of ether oxygens (including phenoxy) is 2.